The van der Waals surface area contributed by atoms with Crippen molar-refractivity contribution in [2.75, 3.05) is 26.3 Å². The molecule has 0 bridgehead atoms. The van der Waals surface area contributed by atoms with E-state index in [0.29, 0.717) is 26.3 Å². The molecule has 0 aliphatic carbocycles. The molecule has 1 saturated heterocycles. The van der Waals surface area contributed by atoms with E-state index in [0.717, 1.165) is 5.56 Å². The monoisotopic (exact) mass is 293 g/mol. The maximum atomic E-state index is 12.0. The van der Waals surface area contributed by atoms with Crippen molar-refractivity contribution in [2.24, 2.45) is 0 Å². The van der Waals surface area contributed by atoms with Gasteiger partial charge in [0.05, 0.1) is 13.2 Å². The van der Waals surface area contributed by atoms with E-state index in [1.54, 1.807) is 6.08 Å². The first kappa shape index (κ1) is 14.5. The Hall–Kier alpha value is -2.39. The van der Waals surface area contributed by atoms with Gasteiger partial charge in [-0.2, -0.15) is 0 Å². The third kappa shape index (κ3) is 3.62. The first-order valence-corrected chi connectivity index (χ1v) is 7.53. The van der Waals surface area contributed by atoms with Gasteiger partial charge in [-0.1, -0.05) is 54.6 Å². The fraction of sp³-hybridized carbons (Fsp3) is 0.211. The third-order valence-corrected chi connectivity index (χ3v) is 3.76. The van der Waals surface area contributed by atoms with Gasteiger partial charge in [0.2, 0.25) is 5.91 Å². The number of carbonyl (C=O) groups is 1. The quantitative estimate of drug-likeness (QED) is 0.813. The van der Waals surface area contributed by atoms with Crippen LogP contribution < -0.4 is 0 Å². The molecule has 0 atom stereocenters. The van der Waals surface area contributed by atoms with Gasteiger partial charge < -0.3 is 9.64 Å². The van der Waals surface area contributed by atoms with E-state index in [9.17, 15) is 4.79 Å². The molecular formula is C19H19NO2. The molecule has 0 N–H and O–H groups in total. The normalized spacial score (nSPS) is 15.2. The summed E-state index contributed by atoms with van der Waals surface area (Å²) >= 11 is 0. The predicted molar refractivity (Wildman–Crippen MR) is 88.3 cm³/mol. The van der Waals surface area contributed by atoms with E-state index in [2.05, 4.69) is 24.3 Å². The summed E-state index contributed by atoms with van der Waals surface area (Å²) in [6.45, 7) is 2.61. The van der Waals surface area contributed by atoms with Gasteiger partial charge in [-0.25, -0.2) is 0 Å². The van der Waals surface area contributed by atoms with Gasteiger partial charge in [0.15, 0.2) is 0 Å². The van der Waals surface area contributed by atoms with Crippen molar-refractivity contribution in [3.8, 4) is 11.1 Å². The summed E-state index contributed by atoms with van der Waals surface area (Å²) in [6, 6.07) is 18.5. The molecule has 0 radical (unpaired) electrons. The zero-order valence-electron chi connectivity index (χ0n) is 12.4. The van der Waals surface area contributed by atoms with Gasteiger partial charge in [0.1, 0.15) is 0 Å². The number of hydrogen-bond acceptors (Lipinski definition) is 2. The number of ether oxygens (including phenoxy) is 1. The highest BCUT2D eigenvalue weighted by atomic mass is 16.5. The molecule has 3 heteroatoms. The fourth-order valence-electron chi connectivity index (χ4n) is 2.47. The van der Waals surface area contributed by atoms with E-state index >= 15 is 0 Å². The lowest BCUT2D eigenvalue weighted by molar-refractivity contribution is -0.129. The van der Waals surface area contributed by atoms with Crippen LogP contribution in [0.15, 0.2) is 60.7 Å². The fourth-order valence-corrected chi connectivity index (χ4v) is 2.47. The summed E-state index contributed by atoms with van der Waals surface area (Å²) in [7, 11) is 0. The lowest BCUT2D eigenvalue weighted by atomic mass is 10.0. The molecule has 22 heavy (non-hydrogen) atoms. The number of rotatable bonds is 3. The van der Waals surface area contributed by atoms with Crippen LogP contribution in [0, 0.1) is 0 Å². The summed E-state index contributed by atoms with van der Waals surface area (Å²) in [5.41, 5.74) is 3.40. The molecule has 1 fully saturated rings. The molecule has 2 aromatic carbocycles. The highest BCUT2D eigenvalue weighted by Gasteiger charge is 2.13. The second kappa shape index (κ2) is 7.05. The Balaban J connectivity index is 1.65. The average molecular weight is 293 g/mol. The number of amides is 1. The van der Waals surface area contributed by atoms with E-state index in [1.165, 1.54) is 11.1 Å². The van der Waals surface area contributed by atoms with Crippen molar-refractivity contribution in [2.45, 2.75) is 0 Å². The topological polar surface area (TPSA) is 29.5 Å². The van der Waals surface area contributed by atoms with E-state index < -0.39 is 0 Å². The highest BCUT2D eigenvalue weighted by Crippen LogP contribution is 2.19. The van der Waals surface area contributed by atoms with Crippen molar-refractivity contribution in [3.63, 3.8) is 0 Å². The van der Waals surface area contributed by atoms with Gasteiger partial charge in [-0.15, -0.1) is 0 Å². The second-order valence-electron chi connectivity index (χ2n) is 5.26. The SMILES string of the molecule is O=C(C=Cc1ccc(-c2ccccc2)cc1)N1CCOCC1. The van der Waals surface area contributed by atoms with Crippen LogP contribution >= 0.6 is 0 Å². The molecular weight excluding hydrogens is 274 g/mol. The Labute approximate surface area is 130 Å². The zero-order chi connectivity index (χ0) is 15.2. The second-order valence-corrected chi connectivity index (χ2v) is 5.26. The average Bonchev–Trinajstić information content (AvgIpc) is 2.61. The molecule has 2 aromatic rings. The molecule has 3 rings (SSSR count). The third-order valence-electron chi connectivity index (χ3n) is 3.76. The molecule has 112 valence electrons. The summed E-state index contributed by atoms with van der Waals surface area (Å²) in [4.78, 5) is 13.9. The Bertz CT molecular complexity index is 641. The van der Waals surface area contributed by atoms with Crippen molar-refractivity contribution >= 4 is 12.0 Å². The summed E-state index contributed by atoms with van der Waals surface area (Å²) in [5.74, 6) is 0.0513. The van der Waals surface area contributed by atoms with Gasteiger partial charge in [0, 0.05) is 19.2 Å². The number of carbonyl (C=O) groups excluding carboxylic acids is 1. The summed E-state index contributed by atoms with van der Waals surface area (Å²) < 4.78 is 5.25. The van der Waals surface area contributed by atoms with Gasteiger partial charge in [-0.05, 0) is 22.8 Å². The van der Waals surface area contributed by atoms with Crippen LogP contribution in [-0.2, 0) is 9.53 Å². The van der Waals surface area contributed by atoms with E-state index in [1.807, 2.05) is 41.3 Å². The minimum atomic E-state index is 0.0513. The zero-order valence-corrected chi connectivity index (χ0v) is 12.4. The highest BCUT2D eigenvalue weighted by molar-refractivity contribution is 5.91. The largest absolute Gasteiger partial charge is 0.378 e. The lowest BCUT2D eigenvalue weighted by Gasteiger charge is -2.25. The van der Waals surface area contributed by atoms with Crippen LogP contribution in [0.25, 0.3) is 17.2 Å². The van der Waals surface area contributed by atoms with Gasteiger partial charge in [0.25, 0.3) is 0 Å². The predicted octanol–water partition coefficient (Wildman–Crippen LogP) is 3.23. The van der Waals surface area contributed by atoms with E-state index in [-0.39, 0.29) is 5.91 Å². The van der Waals surface area contributed by atoms with Crippen LogP contribution in [0.1, 0.15) is 5.56 Å². The smallest absolute Gasteiger partial charge is 0.246 e. The van der Waals surface area contributed by atoms with Crippen molar-refractivity contribution in [1.29, 1.82) is 0 Å². The molecule has 1 aliphatic heterocycles. The minimum absolute atomic E-state index is 0.0513. The summed E-state index contributed by atoms with van der Waals surface area (Å²) in [5, 5.41) is 0. The Morgan fingerprint density at radius 3 is 2.23 bits per heavy atom. The maximum absolute atomic E-state index is 12.0. The first-order valence-electron chi connectivity index (χ1n) is 7.53. The number of morpholine rings is 1. The molecule has 0 aromatic heterocycles. The molecule has 0 unspecified atom stereocenters. The van der Waals surface area contributed by atoms with E-state index in [4.69, 9.17) is 4.74 Å². The number of hydrogen-bond donors (Lipinski definition) is 0. The Morgan fingerprint density at radius 2 is 1.55 bits per heavy atom. The number of benzene rings is 2. The van der Waals surface area contributed by atoms with Gasteiger partial charge in [-0.3, -0.25) is 4.79 Å². The molecule has 1 amide bonds. The van der Waals surface area contributed by atoms with Crippen LogP contribution in [-0.4, -0.2) is 37.1 Å². The van der Waals surface area contributed by atoms with Crippen LogP contribution in [0.5, 0.6) is 0 Å². The van der Waals surface area contributed by atoms with Crippen molar-refractivity contribution in [1.82, 2.24) is 4.90 Å². The van der Waals surface area contributed by atoms with Crippen LogP contribution in [0.4, 0.5) is 0 Å². The summed E-state index contributed by atoms with van der Waals surface area (Å²) in [6.07, 6.45) is 3.51. The van der Waals surface area contributed by atoms with Crippen molar-refractivity contribution in [3.05, 3.63) is 66.2 Å². The minimum Gasteiger partial charge on any atom is -0.378 e. The van der Waals surface area contributed by atoms with Crippen LogP contribution in [0.3, 0.4) is 0 Å². The molecule has 0 saturated carbocycles. The molecule has 1 aliphatic rings. The Kier molecular flexibility index (Phi) is 4.66. The molecule has 3 nitrogen and oxygen atoms in total. The van der Waals surface area contributed by atoms with Crippen molar-refractivity contribution < 1.29 is 9.53 Å². The molecule has 1 heterocycles. The lowest BCUT2D eigenvalue weighted by Crippen LogP contribution is -2.39. The standard InChI is InChI=1S/C19H19NO2/c21-19(20-12-14-22-15-13-20)11-8-16-6-9-18(10-7-16)17-4-2-1-3-5-17/h1-11H,12-15H2. The Morgan fingerprint density at radius 1 is 0.909 bits per heavy atom. The molecule has 0 spiro atoms. The maximum Gasteiger partial charge on any atom is 0.246 e. The van der Waals surface area contributed by atoms with Gasteiger partial charge >= 0.3 is 0 Å². The van der Waals surface area contributed by atoms with Crippen LogP contribution in [0.2, 0.25) is 0 Å². The number of nitrogens with zero attached hydrogens (tertiary/aromatic N) is 1. The first-order chi connectivity index (χ1) is 10.8.